The number of para-hydroxylation sites is 1. The third-order valence-corrected chi connectivity index (χ3v) is 5.82. The van der Waals surface area contributed by atoms with Crippen molar-refractivity contribution in [2.45, 2.75) is 26.3 Å². The van der Waals surface area contributed by atoms with Crippen LogP contribution in [0.2, 0.25) is 0 Å². The van der Waals surface area contributed by atoms with Gasteiger partial charge in [-0.1, -0.05) is 50.2 Å². The normalized spacial score (nSPS) is 15.7. The van der Waals surface area contributed by atoms with Gasteiger partial charge in [-0.25, -0.2) is 0 Å². The van der Waals surface area contributed by atoms with E-state index in [2.05, 4.69) is 29.2 Å². The Kier molecular flexibility index (Phi) is 6.97. The van der Waals surface area contributed by atoms with Gasteiger partial charge >= 0.3 is 0 Å². The number of nitrogens with one attached hydrogen (secondary N) is 1. The first-order valence-electron chi connectivity index (χ1n) is 11.2. The highest BCUT2D eigenvalue weighted by molar-refractivity contribution is 6.04. The van der Waals surface area contributed by atoms with Crippen LogP contribution in [-0.4, -0.2) is 59.5 Å². The number of fused-ring (bicyclic) bond motifs is 1. The maximum atomic E-state index is 13.3. The van der Waals surface area contributed by atoms with E-state index in [-0.39, 0.29) is 23.2 Å². The zero-order valence-electron chi connectivity index (χ0n) is 18.7. The average molecular weight is 435 g/mol. The summed E-state index contributed by atoms with van der Waals surface area (Å²) in [5.41, 5.74) is 0.645. The van der Waals surface area contributed by atoms with Gasteiger partial charge in [0.2, 0.25) is 0 Å². The summed E-state index contributed by atoms with van der Waals surface area (Å²) in [6.07, 6.45) is 0.984. The van der Waals surface area contributed by atoms with Crippen LogP contribution in [0.1, 0.15) is 30.8 Å². The van der Waals surface area contributed by atoms with Crippen molar-refractivity contribution in [3.8, 4) is 5.69 Å². The Morgan fingerprint density at radius 2 is 1.69 bits per heavy atom. The van der Waals surface area contributed by atoms with E-state index in [1.165, 1.54) is 4.68 Å². The fourth-order valence-electron chi connectivity index (χ4n) is 4.24. The molecule has 0 spiro atoms. The standard InChI is InChI=1S/C25H30N4O3/c1-18(2)16-20(28-12-14-32-15-13-28)17-26-24(30)23-21-10-6-7-11-22(21)25(31)29(27-23)19-8-4-3-5-9-19/h3-11,18,20H,12-17H2,1-2H3,(H,26,30)/t20-/m1/s1. The zero-order chi connectivity index (χ0) is 22.5. The van der Waals surface area contributed by atoms with Crippen LogP contribution in [-0.2, 0) is 4.74 Å². The van der Waals surface area contributed by atoms with Crippen molar-refractivity contribution in [1.29, 1.82) is 0 Å². The quantitative estimate of drug-likeness (QED) is 0.619. The fraction of sp³-hybridized carbons (Fsp3) is 0.400. The molecular weight excluding hydrogens is 404 g/mol. The minimum absolute atomic E-state index is 0.231. The summed E-state index contributed by atoms with van der Waals surface area (Å²) in [5.74, 6) is 0.242. The molecule has 1 aliphatic rings. The molecule has 3 aromatic rings. The number of carbonyl (C=O) groups is 1. The Balaban J connectivity index is 1.64. The monoisotopic (exact) mass is 434 g/mol. The lowest BCUT2D eigenvalue weighted by Gasteiger charge is -2.35. The third-order valence-electron chi connectivity index (χ3n) is 5.82. The zero-order valence-corrected chi connectivity index (χ0v) is 18.7. The van der Waals surface area contributed by atoms with Crippen molar-refractivity contribution in [1.82, 2.24) is 20.0 Å². The summed E-state index contributed by atoms with van der Waals surface area (Å²) in [6.45, 7) is 8.09. The van der Waals surface area contributed by atoms with Gasteiger partial charge in [-0.05, 0) is 30.5 Å². The second-order valence-electron chi connectivity index (χ2n) is 8.59. The molecule has 1 amide bonds. The van der Waals surface area contributed by atoms with Crippen LogP contribution < -0.4 is 10.9 Å². The van der Waals surface area contributed by atoms with Gasteiger partial charge in [-0.3, -0.25) is 14.5 Å². The lowest BCUT2D eigenvalue weighted by atomic mass is 10.0. The van der Waals surface area contributed by atoms with E-state index in [0.29, 0.717) is 28.9 Å². The molecule has 2 heterocycles. The number of morpholine rings is 1. The smallest absolute Gasteiger partial charge is 0.279 e. The van der Waals surface area contributed by atoms with E-state index in [9.17, 15) is 9.59 Å². The number of benzene rings is 2. The maximum absolute atomic E-state index is 13.3. The minimum Gasteiger partial charge on any atom is -0.379 e. The highest BCUT2D eigenvalue weighted by Gasteiger charge is 2.24. The highest BCUT2D eigenvalue weighted by atomic mass is 16.5. The molecule has 1 aromatic heterocycles. The lowest BCUT2D eigenvalue weighted by Crippen LogP contribution is -2.49. The Morgan fingerprint density at radius 1 is 1.03 bits per heavy atom. The molecule has 4 rings (SSSR count). The molecule has 1 aliphatic heterocycles. The summed E-state index contributed by atoms with van der Waals surface area (Å²) in [5, 5.41) is 8.61. The molecule has 0 aliphatic carbocycles. The van der Waals surface area contributed by atoms with E-state index in [4.69, 9.17) is 4.74 Å². The lowest BCUT2D eigenvalue weighted by molar-refractivity contribution is 0.0124. The molecule has 168 valence electrons. The Hall–Kier alpha value is -3.03. The molecule has 0 radical (unpaired) electrons. The van der Waals surface area contributed by atoms with Gasteiger partial charge in [-0.15, -0.1) is 0 Å². The molecule has 7 nitrogen and oxygen atoms in total. The molecule has 1 saturated heterocycles. The van der Waals surface area contributed by atoms with Gasteiger partial charge < -0.3 is 10.1 Å². The third kappa shape index (κ3) is 4.89. The number of amides is 1. The number of nitrogens with zero attached hydrogens (tertiary/aromatic N) is 3. The highest BCUT2D eigenvalue weighted by Crippen LogP contribution is 2.16. The summed E-state index contributed by atoms with van der Waals surface area (Å²) in [6, 6.07) is 16.6. The van der Waals surface area contributed by atoms with Crippen molar-refractivity contribution < 1.29 is 9.53 Å². The van der Waals surface area contributed by atoms with E-state index < -0.39 is 0 Å². The Morgan fingerprint density at radius 3 is 2.38 bits per heavy atom. The number of hydrogen-bond donors (Lipinski definition) is 1. The average Bonchev–Trinajstić information content (AvgIpc) is 2.83. The Bertz CT molecular complexity index is 1120. The molecule has 0 bridgehead atoms. The molecule has 0 saturated carbocycles. The van der Waals surface area contributed by atoms with E-state index in [0.717, 1.165) is 32.7 Å². The molecule has 1 N–H and O–H groups in total. The van der Waals surface area contributed by atoms with Gasteiger partial charge in [0.25, 0.3) is 11.5 Å². The predicted molar refractivity (Wildman–Crippen MR) is 125 cm³/mol. The minimum atomic E-state index is -0.270. The molecule has 1 atom stereocenters. The number of carbonyl (C=O) groups excluding carboxylic acids is 1. The van der Waals surface area contributed by atoms with Crippen LogP contribution in [0.3, 0.4) is 0 Å². The maximum Gasteiger partial charge on any atom is 0.279 e. The molecule has 1 fully saturated rings. The van der Waals surface area contributed by atoms with Crippen molar-refractivity contribution in [3.05, 3.63) is 70.6 Å². The number of aromatic nitrogens is 2. The molecule has 32 heavy (non-hydrogen) atoms. The summed E-state index contributed by atoms with van der Waals surface area (Å²) in [4.78, 5) is 28.7. The van der Waals surface area contributed by atoms with Gasteiger partial charge in [0.1, 0.15) is 0 Å². The first kappa shape index (κ1) is 22.2. The van der Waals surface area contributed by atoms with Crippen molar-refractivity contribution in [3.63, 3.8) is 0 Å². The van der Waals surface area contributed by atoms with Gasteiger partial charge in [0.15, 0.2) is 5.69 Å². The summed E-state index contributed by atoms with van der Waals surface area (Å²) < 4.78 is 6.80. The van der Waals surface area contributed by atoms with Crippen LogP contribution in [0.5, 0.6) is 0 Å². The fourth-order valence-corrected chi connectivity index (χ4v) is 4.24. The number of rotatable bonds is 7. The first-order chi connectivity index (χ1) is 15.5. The van der Waals surface area contributed by atoms with Crippen LogP contribution in [0, 0.1) is 5.92 Å². The first-order valence-corrected chi connectivity index (χ1v) is 11.2. The van der Waals surface area contributed by atoms with Crippen molar-refractivity contribution in [2.24, 2.45) is 5.92 Å². The molecule has 0 unspecified atom stereocenters. The number of ether oxygens (including phenoxy) is 1. The SMILES string of the molecule is CC(C)C[C@H](CNC(=O)c1nn(-c2ccccc2)c(=O)c2ccccc12)N1CCOCC1. The van der Waals surface area contributed by atoms with Crippen LogP contribution in [0.25, 0.3) is 16.5 Å². The summed E-state index contributed by atoms with van der Waals surface area (Å²) in [7, 11) is 0. The van der Waals surface area contributed by atoms with E-state index in [1.807, 2.05) is 36.4 Å². The van der Waals surface area contributed by atoms with Gasteiger partial charge in [0.05, 0.1) is 24.3 Å². The number of hydrogen-bond acceptors (Lipinski definition) is 5. The summed E-state index contributed by atoms with van der Waals surface area (Å²) >= 11 is 0. The largest absolute Gasteiger partial charge is 0.379 e. The van der Waals surface area contributed by atoms with Crippen molar-refractivity contribution in [2.75, 3.05) is 32.8 Å². The van der Waals surface area contributed by atoms with Gasteiger partial charge in [0, 0.05) is 31.1 Å². The molecule has 7 heteroatoms. The van der Waals surface area contributed by atoms with Crippen LogP contribution in [0.15, 0.2) is 59.4 Å². The molecular formula is C25H30N4O3. The van der Waals surface area contributed by atoms with Crippen LogP contribution in [0.4, 0.5) is 0 Å². The van der Waals surface area contributed by atoms with E-state index in [1.54, 1.807) is 18.2 Å². The second kappa shape index (κ2) is 10.1. The molecule has 2 aromatic carbocycles. The van der Waals surface area contributed by atoms with Gasteiger partial charge in [-0.2, -0.15) is 9.78 Å². The van der Waals surface area contributed by atoms with Crippen molar-refractivity contribution >= 4 is 16.7 Å². The van der Waals surface area contributed by atoms with Crippen LogP contribution >= 0.6 is 0 Å². The second-order valence-corrected chi connectivity index (χ2v) is 8.59. The Labute approximate surface area is 188 Å². The predicted octanol–water partition coefficient (Wildman–Crippen LogP) is 2.86. The topological polar surface area (TPSA) is 76.5 Å². The van der Waals surface area contributed by atoms with E-state index >= 15 is 0 Å².